The highest BCUT2D eigenvalue weighted by atomic mass is 16.5. The van der Waals surface area contributed by atoms with E-state index in [0.717, 1.165) is 0 Å². The third-order valence-corrected chi connectivity index (χ3v) is 5.73. The molecule has 1 aliphatic rings. The highest BCUT2D eigenvalue weighted by Gasteiger charge is 2.39. The van der Waals surface area contributed by atoms with Gasteiger partial charge >= 0.3 is 5.97 Å². The fourth-order valence-electron chi connectivity index (χ4n) is 4.10. The number of hydrogen-bond acceptors (Lipinski definition) is 3. The Morgan fingerprint density at radius 2 is 1.33 bits per heavy atom. The first-order valence-electron chi connectivity index (χ1n) is 9.50. The number of Topliss-reactive ketones (excluding diaryl/α,β-unsaturated/α-hetero) is 1. The Morgan fingerprint density at radius 1 is 0.852 bits per heavy atom. The largest absolute Gasteiger partial charge is 0.464 e. The van der Waals surface area contributed by atoms with Crippen LogP contribution in [0, 0.1) is 10.8 Å². The Morgan fingerprint density at radius 3 is 1.81 bits per heavy atom. The molecule has 0 aliphatic heterocycles. The van der Waals surface area contributed by atoms with E-state index in [4.69, 9.17) is 4.74 Å². The summed E-state index contributed by atoms with van der Waals surface area (Å²) in [4.78, 5) is 24.7. The molecular formula is C24H28O3. The fraction of sp³-hybridized carbons (Fsp3) is 0.417. The summed E-state index contributed by atoms with van der Waals surface area (Å²) in [5.41, 5.74) is 3.57. The Hall–Kier alpha value is -2.42. The molecule has 0 amide bonds. The Bertz CT molecular complexity index is 831. The summed E-state index contributed by atoms with van der Waals surface area (Å²) in [6.07, 6.45) is 0.464. The van der Waals surface area contributed by atoms with Gasteiger partial charge in [0.15, 0.2) is 0 Å². The van der Waals surface area contributed by atoms with Crippen molar-refractivity contribution >= 4 is 11.8 Å². The molecule has 142 valence electrons. The van der Waals surface area contributed by atoms with Gasteiger partial charge in [0.25, 0.3) is 0 Å². The van der Waals surface area contributed by atoms with Crippen molar-refractivity contribution in [3.8, 4) is 11.1 Å². The van der Waals surface area contributed by atoms with Gasteiger partial charge in [0.05, 0.1) is 5.41 Å². The van der Waals surface area contributed by atoms with Gasteiger partial charge in [-0.3, -0.25) is 9.59 Å². The summed E-state index contributed by atoms with van der Waals surface area (Å²) < 4.78 is 5.78. The van der Waals surface area contributed by atoms with Crippen LogP contribution in [0.25, 0.3) is 11.1 Å². The van der Waals surface area contributed by atoms with Crippen LogP contribution in [0.3, 0.4) is 0 Å². The van der Waals surface area contributed by atoms with Crippen molar-refractivity contribution in [2.45, 2.75) is 47.0 Å². The molecule has 0 radical (unpaired) electrons. The molecule has 2 aromatic carbocycles. The van der Waals surface area contributed by atoms with E-state index in [1.165, 1.54) is 22.3 Å². The van der Waals surface area contributed by atoms with E-state index in [0.29, 0.717) is 13.0 Å². The first-order chi connectivity index (χ1) is 12.6. The Balaban J connectivity index is 1.77. The van der Waals surface area contributed by atoms with Gasteiger partial charge < -0.3 is 4.74 Å². The van der Waals surface area contributed by atoms with Crippen molar-refractivity contribution in [1.82, 2.24) is 0 Å². The van der Waals surface area contributed by atoms with E-state index in [9.17, 15) is 9.59 Å². The molecular weight excluding hydrogens is 336 g/mol. The number of ether oxygens (including phenoxy) is 1. The van der Waals surface area contributed by atoms with Crippen molar-refractivity contribution in [3.05, 3.63) is 59.7 Å². The van der Waals surface area contributed by atoms with Crippen LogP contribution in [0.1, 0.15) is 58.1 Å². The molecule has 0 unspecified atom stereocenters. The van der Waals surface area contributed by atoms with Gasteiger partial charge in [0, 0.05) is 11.3 Å². The van der Waals surface area contributed by atoms with Gasteiger partial charge in [-0.25, -0.2) is 0 Å². The molecule has 0 N–H and O–H groups in total. The molecule has 2 aromatic rings. The molecule has 0 bridgehead atoms. The molecule has 0 saturated carbocycles. The van der Waals surface area contributed by atoms with E-state index in [1.54, 1.807) is 6.92 Å². The number of fused-ring (bicyclic) bond motifs is 3. The summed E-state index contributed by atoms with van der Waals surface area (Å²) in [6.45, 7) is 9.37. The lowest BCUT2D eigenvalue weighted by atomic mass is 9.73. The molecule has 0 aromatic heterocycles. The maximum absolute atomic E-state index is 12.8. The lowest BCUT2D eigenvalue weighted by Gasteiger charge is -2.31. The number of benzene rings is 2. The van der Waals surface area contributed by atoms with E-state index in [2.05, 4.69) is 24.3 Å². The topological polar surface area (TPSA) is 43.4 Å². The third kappa shape index (κ3) is 3.69. The minimum absolute atomic E-state index is 0.0537. The summed E-state index contributed by atoms with van der Waals surface area (Å²) in [5, 5.41) is 0. The van der Waals surface area contributed by atoms with Gasteiger partial charge in [-0.1, -0.05) is 62.4 Å². The number of esters is 1. The fourth-order valence-corrected chi connectivity index (χ4v) is 4.10. The molecule has 27 heavy (non-hydrogen) atoms. The highest BCUT2D eigenvalue weighted by molar-refractivity contribution is 5.84. The Labute approximate surface area is 161 Å². The zero-order valence-electron chi connectivity index (χ0n) is 16.8. The first-order valence-corrected chi connectivity index (χ1v) is 9.50. The quantitative estimate of drug-likeness (QED) is 0.647. The van der Waals surface area contributed by atoms with Gasteiger partial charge in [-0.05, 0) is 49.4 Å². The number of hydrogen-bond donors (Lipinski definition) is 0. The van der Waals surface area contributed by atoms with Gasteiger partial charge in [-0.2, -0.15) is 0 Å². The molecule has 0 heterocycles. The minimum Gasteiger partial charge on any atom is -0.464 e. The summed E-state index contributed by atoms with van der Waals surface area (Å²) in [7, 11) is 0. The van der Waals surface area contributed by atoms with Crippen LogP contribution in [0.5, 0.6) is 0 Å². The van der Waals surface area contributed by atoms with Crippen LogP contribution in [0.4, 0.5) is 0 Å². The van der Waals surface area contributed by atoms with Crippen molar-refractivity contribution in [2.24, 2.45) is 10.8 Å². The molecule has 0 spiro atoms. The summed E-state index contributed by atoms with van der Waals surface area (Å²) >= 11 is 0. The Kier molecular flexibility index (Phi) is 4.98. The molecule has 0 atom stereocenters. The van der Waals surface area contributed by atoms with Gasteiger partial charge in [0.2, 0.25) is 0 Å². The summed E-state index contributed by atoms with van der Waals surface area (Å²) in [6, 6.07) is 16.6. The third-order valence-electron chi connectivity index (χ3n) is 5.73. The zero-order valence-corrected chi connectivity index (χ0v) is 16.8. The monoisotopic (exact) mass is 364 g/mol. The van der Waals surface area contributed by atoms with E-state index in [1.807, 2.05) is 52.0 Å². The maximum Gasteiger partial charge on any atom is 0.311 e. The molecule has 1 aliphatic carbocycles. The number of rotatable bonds is 6. The summed E-state index contributed by atoms with van der Waals surface area (Å²) in [5.74, 6) is -0.112. The number of ketones is 1. The number of carbonyl (C=O) groups is 2. The predicted octanol–water partition coefficient (Wildman–Crippen LogP) is 5.37. The standard InChI is InChI=1S/C24H28O3/c1-16(25)23(2,3)15-24(4,5)22(26)27-14-21-19-12-8-6-10-17(19)18-11-7-9-13-20(18)21/h6-13,21H,14-15H2,1-5H3. The van der Waals surface area contributed by atoms with Crippen LogP contribution in [-0.4, -0.2) is 18.4 Å². The molecule has 0 fully saturated rings. The molecule has 3 nitrogen and oxygen atoms in total. The smallest absolute Gasteiger partial charge is 0.311 e. The van der Waals surface area contributed by atoms with Crippen LogP contribution in [0.2, 0.25) is 0 Å². The van der Waals surface area contributed by atoms with E-state index < -0.39 is 10.8 Å². The van der Waals surface area contributed by atoms with Crippen LogP contribution >= 0.6 is 0 Å². The van der Waals surface area contributed by atoms with Crippen LogP contribution in [0.15, 0.2) is 48.5 Å². The van der Waals surface area contributed by atoms with E-state index in [-0.39, 0.29) is 17.7 Å². The number of carbonyl (C=O) groups excluding carboxylic acids is 2. The molecule has 3 rings (SSSR count). The average molecular weight is 364 g/mol. The first kappa shape index (κ1) is 19.3. The van der Waals surface area contributed by atoms with Crippen molar-refractivity contribution in [2.75, 3.05) is 6.61 Å². The second kappa shape index (κ2) is 6.95. The van der Waals surface area contributed by atoms with Crippen molar-refractivity contribution in [3.63, 3.8) is 0 Å². The minimum atomic E-state index is -0.715. The van der Waals surface area contributed by atoms with E-state index >= 15 is 0 Å². The highest BCUT2D eigenvalue weighted by Crippen LogP contribution is 2.45. The lowest BCUT2D eigenvalue weighted by molar-refractivity contribution is -0.156. The molecule has 3 heteroatoms. The predicted molar refractivity (Wildman–Crippen MR) is 108 cm³/mol. The van der Waals surface area contributed by atoms with Crippen LogP contribution < -0.4 is 0 Å². The van der Waals surface area contributed by atoms with Crippen molar-refractivity contribution < 1.29 is 14.3 Å². The normalized spacial score (nSPS) is 13.8. The second-order valence-electron chi connectivity index (χ2n) is 8.83. The van der Waals surface area contributed by atoms with Gasteiger partial charge in [-0.15, -0.1) is 0 Å². The molecule has 0 saturated heterocycles. The lowest BCUT2D eigenvalue weighted by Crippen LogP contribution is -2.35. The van der Waals surface area contributed by atoms with Crippen LogP contribution in [-0.2, 0) is 14.3 Å². The SMILES string of the molecule is CC(=O)C(C)(C)CC(C)(C)C(=O)OCC1c2ccccc2-c2ccccc21. The average Bonchev–Trinajstić information content (AvgIpc) is 2.92. The van der Waals surface area contributed by atoms with Crippen molar-refractivity contribution in [1.29, 1.82) is 0 Å². The maximum atomic E-state index is 12.8. The zero-order chi connectivity index (χ0) is 19.8. The van der Waals surface area contributed by atoms with Gasteiger partial charge in [0.1, 0.15) is 12.4 Å². The second-order valence-corrected chi connectivity index (χ2v) is 8.83.